The largest absolute Gasteiger partial charge is 0.241 e. The molecule has 0 bridgehead atoms. The van der Waals surface area contributed by atoms with Crippen molar-refractivity contribution in [3.05, 3.63) is 23.8 Å². The van der Waals surface area contributed by atoms with Crippen LogP contribution in [0.5, 0.6) is 0 Å². The summed E-state index contributed by atoms with van der Waals surface area (Å²) in [5.41, 5.74) is 1.56. The van der Waals surface area contributed by atoms with Crippen LogP contribution in [0.1, 0.15) is 52.1 Å². The van der Waals surface area contributed by atoms with Gasteiger partial charge in [-0.15, -0.1) is 0 Å². The first-order valence-electron chi connectivity index (χ1n) is 6.28. The first-order chi connectivity index (χ1) is 7.88. The Morgan fingerprint density at radius 2 is 2.00 bits per heavy atom. The lowest BCUT2D eigenvalue weighted by Gasteiger charge is -2.16. The van der Waals surface area contributed by atoms with Gasteiger partial charge in [-0.3, -0.25) is 0 Å². The van der Waals surface area contributed by atoms with Gasteiger partial charge in [0.25, 0.3) is 0 Å². The van der Waals surface area contributed by atoms with Crippen LogP contribution in [-0.4, -0.2) is 21.5 Å². The molecule has 2 nitrogen and oxygen atoms in total. The number of hydrogen-bond acceptors (Lipinski definition) is 3. The molecule has 0 aliphatic rings. The van der Waals surface area contributed by atoms with E-state index >= 15 is 0 Å². The van der Waals surface area contributed by atoms with E-state index in [-0.39, 0.29) is 0 Å². The van der Waals surface area contributed by atoms with Gasteiger partial charge in [-0.25, -0.2) is 9.97 Å². The molecule has 0 spiro atoms. The predicted octanol–water partition coefficient (Wildman–Crippen LogP) is 3.92. The van der Waals surface area contributed by atoms with Crippen molar-refractivity contribution in [1.82, 2.24) is 9.97 Å². The number of hydrogen-bond donors (Lipinski definition) is 0. The van der Waals surface area contributed by atoms with Gasteiger partial charge < -0.3 is 0 Å². The third-order valence-corrected chi connectivity index (χ3v) is 3.89. The molecule has 1 heterocycles. The van der Waals surface area contributed by atoms with Crippen molar-refractivity contribution in [2.24, 2.45) is 5.41 Å². The normalized spacial score (nSPS) is 12.1. The summed E-state index contributed by atoms with van der Waals surface area (Å²) in [6.45, 7) is 11.2. The Morgan fingerprint density at radius 1 is 1.29 bits per heavy atom. The summed E-state index contributed by atoms with van der Waals surface area (Å²) in [7, 11) is 0. The van der Waals surface area contributed by atoms with Crippen LogP contribution >= 0.6 is 11.8 Å². The summed E-state index contributed by atoms with van der Waals surface area (Å²) in [6.07, 6.45) is 2.85. The van der Waals surface area contributed by atoms with Crippen LogP contribution in [0.4, 0.5) is 0 Å². The van der Waals surface area contributed by atoms with E-state index in [0.717, 1.165) is 23.7 Å². The van der Waals surface area contributed by atoms with Crippen LogP contribution in [0.2, 0.25) is 0 Å². The summed E-state index contributed by atoms with van der Waals surface area (Å²) in [5, 5.41) is 0. The molecular formula is C14H24N2S. The van der Waals surface area contributed by atoms with E-state index in [0.29, 0.717) is 11.3 Å². The van der Waals surface area contributed by atoms with Crippen molar-refractivity contribution in [2.45, 2.75) is 47.0 Å². The van der Waals surface area contributed by atoms with Crippen LogP contribution in [0.25, 0.3) is 0 Å². The zero-order valence-electron chi connectivity index (χ0n) is 11.7. The number of thioether (sulfide) groups is 1. The fourth-order valence-electron chi connectivity index (χ4n) is 1.40. The predicted molar refractivity (Wildman–Crippen MR) is 76.6 cm³/mol. The SMILES string of the molecule is CC(C)c1ccnc(CCSCC(C)(C)C)n1. The van der Waals surface area contributed by atoms with Gasteiger partial charge in [0.15, 0.2) is 0 Å². The molecule has 17 heavy (non-hydrogen) atoms. The van der Waals surface area contributed by atoms with Gasteiger partial charge in [0, 0.05) is 24.1 Å². The summed E-state index contributed by atoms with van der Waals surface area (Å²) in [4.78, 5) is 8.91. The number of rotatable bonds is 5. The minimum atomic E-state index is 0.408. The van der Waals surface area contributed by atoms with E-state index in [1.165, 1.54) is 5.75 Å². The van der Waals surface area contributed by atoms with Crippen LogP contribution < -0.4 is 0 Å². The van der Waals surface area contributed by atoms with Gasteiger partial charge in [-0.2, -0.15) is 11.8 Å². The first kappa shape index (κ1) is 14.5. The van der Waals surface area contributed by atoms with Crippen LogP contribution in [-0.2, 0) is 6.42 Å². The van der Waals surface area contributed by atoms with Crippen LogP contribution in [0.15, 0.2) is 12.3 Å². The number of aryl methyl sites for hydroxylation is 1. The number of nitrogens with zero attached hydrogens (tertiary/aromatic N) is 2. The highest BCUT2D eigenvalue weighted by Crippen LogP contribution is 2.20. The second-order valence-corrected chi connectivity index (χ2v) is 7.02. The lowest BCUT2D eigenvalue weighted by Crippen LogP contribution is -2.09. The molecule has 1 rings (SSSR count). The zero-order chi connectivity index (χ0) is 12.9. The second kappa shape index (κ2) is 6.39. The third-order valence-electron chi connectivity index (χ3n) is 2.32. The van der Waals surface area contributed by atoms with E-state index in [2.05, 4.69) is 44.6 Å². The maximum Gasteiger partial charge on any atom is 0.129 e. The van der Waals surface area contributed by atoms with Crippen molar-refractivity contribution in [1.29, 1.82) is 0 Å². The van der Waals surface area contributed by atoms with E-state index in [1.54, 1.807) is 0 Å². The Labute approximate surface area is 110 Å². The fourth-order valence-corrected chi connectivity index (χ4v) is 2.48. The molecule has 0 aromatic carbocycles. The Hall–Kier alpha value is -0.570. The molecule has 1 aromatic rings. The topological polar surface area (TPSA) is 25.8 Å². The van der Waals surface area contributed by atoms with Gasteiger partial charge in [0.1, 0.15) is 5.82 Å². The van der Waals surface area contributed by atoms with Gasteiger partial charge in [-0.05, 0) is 23.2 Å². The molecular weight excluding hydrogens is 228 g/mol. The summed E-state index contributed by atoms with van der Waals surface area (Å²) in [5.74, 6) is 3.77. The highest BCUT2D eigenvalue weighted by Gasteiger charge is 2.10. The highest BCUT2D eigenvalue weighted by atomic mass is 32.2. The molecule has 0 atom stereocenters. The Kier molecular flexibility index (Phi) is 5.44. The van der Waals surface area contributed by atoms with Crippen molar-refractivity contribution in [2.75, 3.05) is 11.5 Å². The van der Waals surface area contributed by atoms with Gasteiger partial charge in [0.2, 0.25) is 0 Å². The minimum Gasteiger partial charge on any atom is -0.241 e. The molecule has 0 saturated carbocycles. The van der Waals surface area contributed by atoms with E-state index < -0.39 is 0 Å². The van der Waals surface area contributed by atoms with E-state index in [1.807, 2.05) is 24.0 Å². The van der Waals surface area contributed by atoms with E-state index in [4.69, 9.17) is 0 Å². The molecule has 0 N–H and O–H groups in total. The van der Waals surface area contributed by atoms with Crippen molar-refractivity contribution < 1.29 is 0 Å². The monoisotopic (exact) mass is 252 g/mol. The Bertz CT molecular complexity index is 342. The van der Waals surface area contributed by atoms with Crippen molar-refractivity contribution in [3.63, 3.8) is 0 Å². The minimum absolute atomic E-state index is 0.408. The van der Waals surface area contributed by atoms with Crippen LogP contribution in [0, 0.1) is 5.41 Å². The lowest BCUT2D eigenvalue weighted by molar-refractivity contribution is 0.480. The lowest BCUT2D eigenvalue weighted by atomic mass is 10.0. The molecule has 0 radical (unpaired) electrons. The summed E-state index contributed by atoms with van der Waals surface area (Å²) < 4.78 is 0. The molecule has 0 aliphatic heterocycles. The van der Waals surface area contributed by atoms with Crippen molar-refractivity contribution >= 4 is 11.8 Å². The summed E-state index contributed by atoms with van der Waals surface area (Å²) in [6, 6.07) is 2.01. The second-order valence-electron chi connectivity index (χ2n) is 5.92. The van der Waals surface area contributed by atoms with Gasteiger partial charge >= 0.3 is 0 Å². The summed E-state index contributed by atoms with van der Waals surface area (Å²) >= 11 is 1.99. The maximum atomic E-state index is 4.58. The third kappa shape index (κ3) is 6.06. The molecule has 0 fully saturated rings. The molecule has 0 unspecified atom stereocenters. The maximum absolute atomic E-state index is 4.58. The first-order valence-corrected chi connectivity index (χ1v) is 7.43. The van der Waals surface area contributed by atoms with Gasteiger partial charge in [-0.1, -0.05) is 34.6 Å². The zero-order valence-corrected chi connectivity index (χ0v) is 12.5. The van der Waals surface area contributed by atoms with Gasteiger partial charge in [0.05, 0.1) is 0 Å². The molecule has 0 amide bonds. The van der Waals surface area contributed by atoms with Crippen molar-refractivity contribution in [3.8, 4) is 0 Å². The fraction of sp³-hybridized carbons (Fsp3) is 0.714. The highest BCUT2D eigenvalue weighted by molar-refractivity contribution is 7.99. The standard InChI is InChI=1S/C14H24N2S/c1-11(2)12-6-8-15-13(16-12)7-9-17-10-14(3,4)5/h6,8,11H,7,9-10H2,1-5H3. The van der Waals surface area contributed by atoms with Crippen LogP contribution in [0.3, 0.4) is 0 Å². The average molecular weight is 252 g/mol. The molecule has 0 aliphatic carbocycles. The quantitative estimate of drug-likeness (QED) is 0.743. The molecule has 96 valence electrons. The number of aromatic nitrogens is 2. The Balaban J connectivity index is 2.39. The average Bonchev–Trinajstić information content (AvgIpc) is 2.23. The molecule has 3 heteroatoms. The smallest absolute Gasteiger partial charge is 0.129 e. The molecule has 1 aromatic heterocycles. The Morgan fingerprint density at radius 3 is 2.59 bits per heavy atom. The molecule has 0 saturated heterocycles. The van der Waals surface area contributed by atoms with E-state index in [9.17, 15) is 0 Å².